The number of aromatic hydroxyl groups is 1. The maximum atomic E-state index is 12.2. The number of hydrogen-bond donors (Lipinski definition) is 4. The maximum absolute atomic E-state index is 12.2. The van der Waals surface area contributed by atoms with E-state index in [2.05, 4.69) is 10.6 Å². The van der Waals surface area contributed by atoms with Crippen molar-refractivity contribution in [2.24, 2.45) is 0 Å². The normalized spacial score (nSPS) is 11.4. The van der Waals surface area contributed by atoms with Crippen molar-refractivity contribution in [3.63, 3.8) is 0 Å². The first-order valence-corrected chi connectivity index (χ1v) is 11.2. The number of rotatable bonds is 11. The molecule has 0 fully saturated rings. The molecule has 11 nitrogen and oxygen atoms in total. The lowest BCUT2D eigenvalue weighted by molar-refractivity contribution is -0.139. The Morgan fingerprint density at radius 3 is 2.44 bits per heavy atom. The van der Waals surface area contributed by atoms with E-state index in [9.17, 15) is 29.4 Å². The molecule has 0 saturated carbocycles. The third-order valence-electron chi connectivity index (χ3n) is 5.16. The van der Waals surface area contributed by atoms with Crippen LogP contribution in [0.2, 0.25) is 0 Å². The van der Waals surface area contributed by atoms with E-state index in [1.807, 2.05) is 30.3 Å². The summed E-state index contributed by atoms with van der Waals surface area (Å²) in [5.41, 5.74) is 0.641. The third kappa shape index (κ3) is 8.05. The first kappa shape index (κ1) is 26.1. The molecule has 11 heteroatoms. The van der Waals surface area contributed by atoms with Gasteiger partial charge in [-0.1, -0.05) is 30.3 Å². The number of phenols is 1. The molecule has 0 aliphatic rings. The zero-order chi connectivity index (χ0) is 25.9. The predicted octanol–water partition coefficient (Wildman–Crippen LogP) is 3.27. The number of benzene rings is 2. The Morgan fingerprint density at radius 2 is 1.69 bits per heavy atom. The molecule has 190 valence electrons. The summed E-state index contributed by atoms with van der Waals surface area (Å²) in [7, 11) is 0. The molecule has 3 aromatic rings. The van der Waals surface area contributed by atoms with Crippen molar-refractivity contribution in [1.29, 1.82) is 0 Å². The SMILES string of the molecule is O=C(NCCCC[C@H](NC(=O)OCc1cc(=O)oc2cc(O)ccc12)C(=O)O)OCc1ccccc1. The maximum Gasteiger partial charge on any atom is 0.408 e. The van der Waals surface area contributed by atoms with Crippen LogP contribution in [0.15, 0.2) is 63.8 Å². The Kier molecular flexibility index (Phi) is 9.26. The molecule has 3 rings (SSSR count). The van der Waals surface area contributed by atoms with Gasteiger partial charge in [-0.15, -0.1) is 0 Å². The Balaban J connectivity index is 1.39. The summed E-state index contributed by atoms with van der Waals surface area (Å²) in [4.78, 5) is 47.1. The summed E-state index contributed by atoms with van der Waals surface area (Å²) >= 11 is 0. The number of phenolic OH excluding ortho intramolecular Hbond substituents is 1. The van der Waals surface area contributed by atoms with E-state index in [1.54, 1.807) is 0 Å². The zero-order valence-corrected chi connectivity index (χ0v) is 19.3. The molecule has 1 heterocycles. The number of fused-ring (bicyclic) bond motifs is 1. The topological polar surface area (TPSA) is 164 Å². The molecule has 0 aliphatic carbocycles. The molecule has 0 radical (unpaired) electrons. The van der Waals surface area contributed by atoms with Gasteiger partial charge in [0.15, 0.2) is 0 Å². The average molecular weight is 498 g/mol. The van der Waals surface area contributed by atoms with E-state index < -0.39 is 29.8 Å². The van der Waals surface area contributed by atoms with E-state index >= 15 is 0 Å². The highest BCUT2D eigenvalue weighted by Crippen LogP contribution is 2.22. The Hall–Kier alpha value is -4.54. The van der Waals surface area contributed by atoms with Gasteiger partial charge in [-0.05, 0) is 37.0 Å². The number of nitrogens with one attached hydrogen (secondary N) is 2. The zero-order valence-electron chi connectivity index (χ0n) is 19.3. The summed E-state index contributed by atoms with van der Waals surface area (Å²) < 4.78 is 15.2. The second-order valence-electron chi connectivity index (χ2n) is 7.87. The van der Waals surface area contributed by atoms with E-state index in [1.165, 1.54) is 18.2 Å². The Morgan fingerprint density at radius 1 is 0.944 bits per heavy atom. The number of carboxylic acids is 1. The number of amides is 2. The van der Waals surface area contributed by atoms with Crippen LogP contribution in [0.3, 0.4) is 0 Å². The van der Waals surface area contributed by atoms with Crippen molar-refractivity contribution in [2.75, 3.05) is 6.54 Å². The average Bonchev–Trinajstić information content (AvgIpc) is 2.85. The summed E-state index contributed by atoms with van der Waals surface area (Å²) in [5, 5.41) is 24.3. The van der Waals surface area contributed by atoms with E-state index in [0.717, 1.165) is 11.6 Å². The van der Waals surface area contributed by atoms with Crippen LogP contribution in [0.5, 0.6) is 5.75 Å². The van der Waals surface area contributed by atoms with Gasteiger partial charge in [-0.25, -0.2) is 19.2 Å². The first-order valence-electron chi connectivity index (χ1n) is 11.2. The number of carbonyl (C=O) groups excluding carboxylic acids is 2. The van der Waals surface area contributed by atoms with Crippen LogP contribution in [0.25, 0.3) is 11.0 Å². The standard InChI is InChI=1S/C25H26N2O9/c28-18-9-10-19-17(12-22(29)36-21(19)13-18)15-35-25(33)27-20(23(30)31)8-4-5-11-26-24(32)34-14-16-6-2-1-3-7-16/h1-3,6-7,9-10,12-13,20,28H,4-5,8,11,14-15H2,(H,26,32)(H,27,33)(H,30,31)/t20-/m0/s1. The van der Waals surface area contributed by atoms with Crippen molar-refractivity contribution in [1.82, 2.24) is 10.6 Å². The fourth-order valence-electron chi connectivity index (χ4n) is 3.36. The fourth-order valence-corrected chi connectivity index (χ4v) is 3.36. The van der Waals surface area contributed by atoms with Crippen LogP contribution in [-0.4, -0.2) is 41.0 Å². The lowest BCUT2D eigenvalue weighted by atomic mass is 10.1. The van der Waals surface area contributed by atoms with Gasteiger partial charge >= 0.3 is 23.8 Å². The minimum Gasteiger partial charge on any atom is -0.508 e. The number of aliphatic carboxylic acids is 1. The molecule has 0 unspecified atom stereocenters. The molecule has 0 spiro atoms. The number of carbonyl (C=O) groups is 3. The van der Waals surface area contributed by atoms with Crippen LogP contribution in [0.4, 0.5) is 9.59 Å². The van der Waals surface area contributed by atoms with Crippen molar-refractivity contribution in [3.05, 3.63) is 76.1 Å². The van der Waals surface area contributed by atoms with Gasteiger partial charge in [0.2, 0.25) is 0 Å². The van der Waals surface area contributed by atoms with Crippen molar-refractivity contribution in [2.45, 2.75) is 38.5 Å². The summed E-state index contributed by atoms with van der Waals surface area (Å²) in [6.45, 7) is 0.121. The Bertz CT molecular complexity index is 1260. The van der Waals surface area contributed by atoms with Gasteiger partial charge in [-0.3, -0.25) is 0 Å². The predicted molar refractivity (Wildman–Crippen MR) is 127 cm³/mol. The molecule has 0 aliphatic heterocycles. The second-order valence-corrected chi connectivity index (χ2v) is 7.87. The van der Waals surface area contributed by atoms with E-state index in [-0.39, 0.29) is 37.5 Å². The van der Waals surface area contributed by atoms with Crippen molar-refractivity contribution < 1.29 is 38.5 Å². The van der Waals surface area contributed by atoms with Gasteiger partial charge in [0.05, 0.1) is 0 Å². The number of carboxylic acid groups (broad SMARTS) is 1. The molecule has 1 atom stereocenters. The molecule has 1 aromatic heterocycles. The third-order valence-corrected chi connectivity index (χ3v) is 5.16. The highest BCUT2D eigenvalue weighted by Gasteiger charge is 2.20. The van der Waals surface area contributed by atoms with E-state index in [4.69, 9.17) is 13.9 Å². The monoisotopic (exact) mass is 498 g/mol. The molecule has 2 amide bonds. The van der Waals surface area contributed by atoms with Gasteiger partial charge in [0.25, 0.3) is 0 Å². The smallest absolute Gasteiger partial charge is 0.408 e. The fraction of sp³-hybridized carbons (Fsp3) is 0.280. The Labute approximate surface area is 205 Å². The minimum atomic E-state index is -1.23. The number of hydrogen-bond acceptors (Lipinski definition) is 8. The van der Waals surface area contributed by atoms with Gasteiger partial charge in [-0.2, -0.15) is 0 Å². The van der Waals surface area contributed by atoms with Crippen LogP contribution < -0.4 is 16.3 Å². The molecular weight excluding hydrogens is 472 g/mol. The molecule has 36 heavy (non-hydrogen) atoms. The van der Waals surface area contributed by atoms with Gasteiger partial charge in [0, 0.05) is 29.6 Å². The lowest BCUT2D eigenvalue weighted by Crippen LogP contribution is -2.41. The first-order chi connectivity index (χ1) is 17.3. The summed E-state index contributed by atoms with van der Waals surface area (Å²) in [5.74, 6) is -1.33. The molecule has 4 N–H and O–H groups in total. The quantitative estimate of drug-likeness (QED) is 0.229. The molecule has 0 saturated heterocycles. The van der Waals surface area contributed by atoms with Crippen molar-refractivity contribution >= 4 is 29.1 Å². The highest BCUT2D eigenvalue weighted by molar-refractivity contribution is 5.82. The van der Waals surface area contributed by atoms with Crippen LogP contribution in [-0.2, 0) is 27.5 Å². The van der Waals surface area contributed by atoms with Gasteiger partial charge < -0.3 is 34.7 Å². The minimum absolute atomic E-state index is 0.0926. The highest BCUT2D eigenvalue weighted by atomic mass is 16.6. The number of ether oxygens (including phenoxy) is 2. The van der Waals surface area contributed by atoms with Crippen molar-refractivity contribution in [3.8, 4) is 5.75 Å². The largest absolute Gasteiger partial charge is 0.508 e. The van der Waals surface area contributed by atoms with E-state index in [0.29, 0.717) is 23.8 Å². The molecular formula is C25H26N2O9. The summed E-state index contributed by atoms with van der Waals surface area (Å²) in [6.07, 6.45) is -0.551. The summed E-state index contributed by atoms with van der Waals surface area (Å²) in [6, 6.07) is 13.3. The molecule has 0 bridgehead atoms. The van der Waals surface area contributed by atoms with Crippen LogP contribution in [0.1, 0.15) is 30.4 Å². The lowest BCUT2D eigenvalue weighted by Gasteiger charge is -2.15. The molecule has 2 aromatic carbocycles. The van der Waals surface area contributed by atoms with Crippen LogP contribution >= 0.6 is 0 Å². The number of unbranched alkanes of at least 4 members (excludes halogenated alkanes) is 1. The number of alkyl carbamates (subject to hydrolysis) is 2. The van der Waals surface area contributed by atoms with Gasteiger partial charge in [0.1, 0.15) is 30.6 Å². The second kappa shape index (κ2) is 12.8. The van der Waals surface area contributed by atoms with Crippen LogP contribution in [0, 0.1) is 0 Å².